The topological polar surface area (TPSA) is 64.4 Å². The van der Waals surface area contributed by atoms with Gasteiger partial charge in [-0.3, -0.25) is 10.1 Å². The van der Waals surface area contributed by atoms with Gasteiger partial charge in [-0.1, -0.05) is 35.9 Å². The molecule has 1 N–H and O–H groups in total. The maximum atomic E-state index is 11.0. The zero-order valence-corrected chi connectivity index (χ0v) is 12.3. The summed E-state index contributed by atoms with van der Waals surface area (Å²) in [4.78, 5) is 10.5. The zero-order valence-electron chi connectivity index (χ0n) is 11.5. The molecule has 0 bridgehead atoms. The molecule has 0 amide bonds. The lowest BCUT2D eigenvalue weighted by Crippen LogP contribution is -2.13. The fourth-order valence-corrected chi connectivity index (χ4v) is 2.17. The molecule has 0 heterocycles. The largest absolute Gasteiger partial charge is 0.490 e. The number of rotatable bonds is 6. The molecule has 0 saturated carbocycles. The van der Waals surface area contributed by atoms with Gasteiger partial charge in [0.2, 0.25) is 0 Å². The molecule has 2 rings (SSSR count). The Morgan fingerprint density at radius 2 is 2.00 bits per heavy atom. The van der Waals surface area contributed by atoms with E-state index in [-0.39, 0.29) is 11.4 Å². The van der Waals surface area contributed by atoms with Gasteiger partial charge >= 0.3 is 5.69 Å². The van der Waals surface area contributed by atoms with Gasteiger partial charge in [-0.25, -0.2) is 0 Å². The smallest absolute Gasteiger partial charge is 0.311 e. The lowest BCUT2D eigenvalue weighted by atomic mass is 10.1. The Morgan fingerprint density at radius 3 is 2.67 bits per heavy atom. The number of benzene rings is 2. The Kier molecular flexibility index (Phi) is 5.14. The van der Waals surface area contributed by atoms with Crippen molar-refractivity contribution in [1.29, 1.82) is 0 Å². The first-order valence-corrected chi connectivity index (χ1v) is 6.75. The molecule has 0 saturated heterocycles. The maximum absolute atomic E-state index is 11.0. The van der Waals surface area contributed by atoms with Gasteiger partial charge < -0.3 is 10.1 Å². The Labute approximate surface area is 127 Å². The molecule has 0 aliphatic rings. The van der Waals surface area contributed by atoms with Crippen LogP contribution in [-0.2, 0) is 13.1 Å². The van der Waals surface area contributed by atoms with Crippen molar-refractivity contribution < 1.29 is 9.66 Å². The summed E-state index contributed by atoms with van der Waals surface area (Å²) in [6, 6.07) is 12.5. The van der Waals surface area contributed by atoms with Crippen LogP contribution in [0.3, 0.4) is 0 Å². The van der Waals surface area contributed by atoms with Gasteiger partial charge in [-0.05, 0) is 23.3 Å². The number of methoxy groups -OCH3 is 1. The van der Waals surface area contributed by atoms with Gasteiger partial charge in [0.05, 0.1) is 12.0 Å². The Balaban J connectivity index is 2.02. The normalized spacial score (nSPS) is 10.4. The molecule has 0 fully saturated rings. The van der Waals surface area contributed by atoms with Crippen LogP contribution in [0.1, 0.15) is 11.1 Å². The van der Waals surface area contributed by atoms with E-state index in [2.05, 4.69) is 5.32 Å². The van der Waals surface area contributed by atoms with E-state index in [0.29, 0.717) is 18.1 Å². The minimum absolute atomic E-state index is 0.0328. The number of hydrogen-bond donors (Lipinski definition) is 1. The van der Waals surface area contributed by atoms with Crippen molar-refractivity contribution in [1.82, 2.24) is 5.32 Å². The third kappa shape index (κ3) is 3.93. The van der Waals surface area contributed by atoms with E-state index in [0.717, 1.165) is 11.1 Å². The van der Waals surface area contributed by atoms with Gasteiger partial charge in [0.15, 0.2) is 5.75 Å². The van der Waals surface area contributed by atoms with Crippen LogP contribution in [0.4, 0.5) is 5.69 Å². The van der Waals surface area contributed by atoms with Gasteiger partial charge in [0, 0.05) is 24.2 Å². The lowest BCUT2D eigenvalue weighted by Gasteiger charge is -2.08. The predicted octanol–water partition coefficient (Wildman–Crippen LogP) is 3.55. The molecule has 0 aromatic heterocycles. The van der Waals surface area contributed by atoms with Crippen molar-refractivity contribution in [2.75, 3.05) is 7.11 Å². The highest BCUT2D eigenvalue weighted by Crippen LogP contribution is 2.27. The average molecular weight is 307 g/mol. The third-order valence-corrected chi connectivity index (χ3v) is 3.41. The van der Waals surface area contributed by atoms with E-state index in [1.165, 1.54) is 13.2 Å². The molecule has 0 aliphatic carbocycles. The van der Waals surface area contributed by atoms with E-state index < -0.39 is 4.92 Å². The summed E-state index contributed by atoms with van der Waals surface area (Å²) in [6.07, 6.45) is 0. The second kappa shape index (κ2) is 7.06. The van der Waals surface area contributed by atoms with Crippen LogP contribution in [0.2, 0.25) is 5.02 Å². The lowest BCUT2D eigenvalue weighted by molar-refractivity contribution is -0.385. The Hall–Kier alpha value is -2.11. The molecule has 0 atom stereocenters. The average Bonchev–Trinajstić information content (AvgIpc) is 2.49. The molecule has 2 aromatic rings. The van der Waals surface area contributed by atoms with Crippen LogP contribution in [0.15, 0.2) is 42.5 Å². The van der Waals surface area contributed by atoms with Gasteiger partial charge in [-0.2, -0.15) is 0 Å². The first-order chi connectivity index (χ1) is 10.1. The number of nitrogens with zero attached hydrogens (tertiary/aromatic N) is 1. The minimum Gasteiger partial charge on any atom is -0.490 e. The number of hydrogen-bond acceptors (Lipinski definition) is 4. The Bertz CT molecular complexity index is 647. The molecular weight excluding hydrogens is 292 g/mol. The number of nitro groups is 1. The van der Waals surface area contributed by atoms with E-state index >= 15 is 0 Å². The van der Waals surface area contributed by atoms with Crippen LogP contribution in [0.25, 0.3) is 0 Å². The number of ether oxygens (including phenoxy) is 1. The fraction of sp³-hybridized carbons (Fsp3) is 0.200. The molecule has 6 heteroatoms. The minimum atomic E-state index is -0.448. The molecule has 0 spiro atoms. The summed E-state index contributed by atoms with van der Waals surface area (Å²) in [5, 5.41) is 14.9. The summed E-state index contributed by atoms with van der Waals surface area (Å²) in [6.45, 7) is 1.11. The summed E-state index contributed by atoms with van der Waals surface area (Å²) in [5.74, 6) is 0.259. The number of nitro benzene ring substituents is 1. The van der Waals surface area contributed by atoms with Crippen molar-refractivity contribution in [2.24, 2.45) is 0 Å². The highest BCUT2D eigenvalue weighted by Gasteiger charge is 2.14. The first kappa shape index (κ1) is 15.3. The summed E-state index contributed by atoms with van der Waals surface area (Å²) in [7, 11) is 1.41. The van der Waals surface area contributed by atoms with Crippen molar-refractivity contribution >= 4 is 17.3 Å². The molecule has 2 aromatic carbocycles. The van der Waals surface area contributed by atoms with E-state index in [1.807, 2.05) is 24.3 Å². The van der Waals surface area contributed by atoms with E-state index in [1.54, 1.807) is 12.1 Å². The van der Waals surface area contributed by atoms with Crippen LogP contribution >= 0.6 is 11.6 Å². The SMILES string of the molecule is COc1ccc(CNCc2ccccc2Cl)cc1[N+](=O)[O-]. The second-order valence-electron chi connectivity index (χ2n) is 4.46. The first-order valence-electron chi connectivity index (χ1n) is 6.37. The van der Waals surface area contributed by atoms with Crippen molar-refractivity contribution in [3.63, 3.8) is 0 Å². The zero-order chi connectivity index (χ0) is 15.2. The van der Waals surface area contributed by atoms with Crippen LogP contribution in [-0.4, -0.2) is 12.0 Å². The molecule has 0 unspecified atom stereocenters. The van der Waals surface area contributed by atoms with Gasteiger partial charge in [0.25, 0.3) is 0 Å². The molecule has 0 radical (unpaired) electrons. The molecular formula is C15H15ClN2O3. The summed E-state index contributed by atoms with van der Waals surface area (Å²) < 4.78 is 4.97. The highest BCUT2D eigenvalue weighted by molar-refractivity contribution is 6.31. The van der Waals surface area contributed by atoms with Gasteiger partial charge in [0.1, 0.15) is 0 Å². The van der Waals surface area contributed by atoms with Crippen LogP contribution in [0.5, 0.6) is 5.75 Å². The Morgan fingerprint density at radius 1 is 1.24 bits per heavy atom. The fourth-order valence-electron chi connectivity index (χ4n) is 1.97. The van der Waals surface area contributed by atoms with Crippen LogP contribution in [0, 0.1) is 10.1 Å². The van der Waals surface area contributed by atoms with E-state index in [4.69, 9.17) is 16.3 Å². The second-order valence-corrected chi connectivity index (χ2v) is 4.87. The summed E-state index contributed by atoms with van der Waals surface area (Å²) >= 11 is 6.07. The maximum Gasteiger partial charge on any atom is 0.311 e. The third-order valence-electron chi connectivity index (χ3n) is 3.04. The van der Waals surface area contributed by atoms with Crippen molar-refractivity contribution in [3.8, 4) is 5.75 Å². The van der Waals surface area contributed by atoms with E-state index in [9.17, 15) is 10.1 Å². The predicted molar refractivity (Wildman–Crippen MR) is 81.6 cm³/mol. The van der Waals surface area contributed by atoms with Crippen molar-refractivity contribution in [3.05, 3.63) is 68.7 Å². The quantitative estimate of drug-likeness (QED) is 0.655. The molecule has 110 valence electrons. The summed E-state index contributed by atoms with van der Waals surface area (Å²) in [5.41, 5.74) is 1.77. The number of halogens is 1. The standard InChI is InChI=1S/C15H15ClN2O3/c1-21-15-7-6-11(8-14(15)18(19)20)9-17-10-12-4-2-3-5-13(12)16/h2-8,17H,9-10H2,1H3. The van der Waals surface area contributed by atoms with Gasteiger partial charge in [-0.15, -0.1) is 0 Å². The molecule has 0 aliphatic heterocycles. The highest BCUT2D eigenvalue weighted by atomic mass is 35.5. The van der Waals surface area contributed by atoms with Crippen molar-refractivity contribution in [2.45, 2.75) is 13.1 Å². The molecule has 21 heavy (non-hydrogen) atoms. The monoisotopic (exact) mass is 306 g/mol. The number of nitrogens with one attached hydrogen (secondary N) is 1. The van der Waals surface area contributed by atoms with Crippen LogP contribution < -0.4 is 10.1 Å². The molecule has 5 nitrogen and oxygen atoms in total.